The van der Waals surface area contributed by atoms with Gasteiger partial charge in [-0.2, -0.15) is 18.3 Å². The number of nitrogens with zero attached hydrogens (tertiary/aromatic N) is 1. The second-order valence-electron chi connectivity index (χ2n) is 2.07. The summed E-state index contributed by atoms with van der Waals surface area (Å²) in [4.78, 5) is 0. The van der Waals surface area contributed by atoms with Crippen molar-refractivity contribution in [3.8, 4) is 0 Å². The van der Waals surface area contributed by atoms with Gasteiger partial charge >= 0.3 is 13.3 Å². The number of H-pyrrole nitrogens is 1. The Morgan fingerprint density at radius 3 is 2.33 bits per heavy atom. The van der Waals surface area contributed by atoms with Crippen LogP contribution in [0.5, 0.6) is 0 Å². The first-order valence-corrected chi connectivity index (χ1v) is 2.89. The molecule has 0 aliphatic rings. The number of aromatic amines is 1. The molecule has 0 amide bonds. The lowest BCUT2D eigenvalue weighted by molar-refractivity contribution is -0.136. The van der Waals surface area contributed by atoms with Gasteiger partial charge in [0.25, 0.3) is 0 Å². The fraction of sp³-hybridized carbons (Fsp3) is 0.250. The Labute approximate surface area is 65.2 Å². The normalized spacial score (nSPS) is 11.8. The van der Waals surface area contributed by atoms with Crippen molar-refractivity contribution >= 4 is 12.7 Å². The van der Waals surface area contributed by atoms with Gasteiger partial charge in [-0.05, 0) is 0 Å². The summed E-state index contributed by atoms with van der Waals surface area (Å²) in [5, 5.41) is 21.8. The van der Waals surface area contributed by atoms with Crippen molar-refractivity contribution in [3.05, 3.63) is 11.8 Å². The number of alkyl halides is 3. The predicted octanol–water partition coefficient (Wildman–Crippen LogP) is -0.892. The smallest absolute Gasteiger partial charge is 0.422 e. The molecule has 0 saturated heterocycles. The SMILES string of the molecule is OB(O)c1[nH]ncc1C(F)(F)F. The van der Waals surface area contributed by atoms with Crippen molar-refractivity contribution < 1.29 is 23.2 Å². The largest absolute Gasteiger partial charge is 0.508 e. The van der Waals surface area contributed by atoms with Gasteiger partial charge < -0.3 is 10.0 Å². The second kappa shape index (κ2) is 2.79. The van der Waals surface area contributed by atoms with Gasteiger partial charge in [0.1, 0.15) is 0 Å². The van der Waals surface area contributed by atoms with Crippen molar-refractivity contribution in [2.75, 3.05) is 0 Å². The molecule has 8 heteroatoms. The Hall–Kier alpha value is -1.02. The minimum atomic E-state index is -4.62. The van der Waals surface area contributed by atoms with Crippen LogP contribution in [0.3, 0.4) is 0 Å². The van der Waals surface area contributed by atoms with Gasteiger partial charge in [-0.1, -0.05) is 0 Å². The van der Waals surface area contributed by atoms with E-state index in [9.17, 15) is 13.2 Å². The van der Waals surface area contributed by atoms with Gasteiger partial charge in [-0.15, -0.1) is 0 Å². The van der Waals surface area contributed by atoms with Gasteiger partial charge in [-0.25, -0.2) is 0 Å². The van der Waals surface area contributed by atoms with Crippen LogP contribution in [-0.4, -0.2) is 27.4 Å². The van der Waals surface area contributed by atoms with Crippen LogP contribution in [0, 0.1) is 0 Å². The first-order chi connectivity index (χ1) is 5.43. The summed E-state index contributed by atoms with van der Waals surface area (Å²) in [5.74, 6) is 0. The van der Waals surface area contributed by atoms with Crippen molar-refractivity contribution in [2.45, 2.75) is 6.18 Å². The highest BCUT2D eigenvalue weighted by atomic mass is 19.4. The van der Waals surface area contributed by atoms with E-state index in [-0.39, 0.29) is 0 Å². The molecule has 3 N–H and O–H groups in total. The maximum absolute atomic E-state index is 12.0. The lowest BCUT2D eigenvalue weighted by Crippen LogP contribution is -2.36. The molecule has 1 rings (SSSR count). The fourth-order valence-electron chi connectivity index (χ4n) is 0.719. The summed E-state index contributed by atoms with van der Waals surface area (Å²) in [6.45, 7) is 0. The third kappa shape index (κ3) is 1.59. The first-order valence-electron chi connectivity index (χ1n) is 2.89. The van der Waals surface area contributed by atoms with Crippen molar-refractivity contribution in [1.82, 2.24) is 10.2 Å². The average Bonchev–Trinajstić information content (AvgIpc) is 2.30. The van der Waals surface area contributed by atoms with Crippen LogP contribution in [0.15, 0.2) is 6.20 Å². The van der Waals surface area contributed by atoms with E-state index in [4.69, 9.17) is 10.0 Å². The molecule has 1 heterocycles. The zero-order valence-electron chi connectivity index (χ0n) is 5.63. The third-order valence-electron chi connectivity index (χ3n) is 1.23. The van der Waals surface area contributed by atoms with Gasteiger partial charge in [0.15, 0.2) is 0 Å². The van der Waals surface area contributed by atoms with Gasteiger partial charge in [0.2, 0.25) is 0 Å². The number of nitrogens with one attached hydrogen (secondary N) is 1. The molecule has 4 nitrogen and oxygen atoms in total. The Bertz CT molecular complexity index is 272. The van der Waals surface area contributed by atoms with E-state index >= 15 is 0 Å². The molecular formula is C4H4BF3N2O2. The molecule has 0 radical (unpaired) electrons. The maximum Gasteiger partial charge on any atom is 0.508 e. The molecule has 1 aromatic heterocycles. The Morgan fingerprint density at radius 1 is 1.42 bits per heavy atom. The van der Waals surface area contributed by atoms with Gasteiger partial charge in [-0.3, -0.25) is 5.10 Å². The van der Waals surface area contributed by atoms with E-state index in [2.05, 4.69) is 5.10 Å². The zero-order chi connectivity index (χ0) is 9.35. The molecule has 0 aromatic carbocycles. The highest BCUT2D eigenvalue weighted by molar-refractivity contribution is 6.58. The topological polar surface area (TPSA) is 69.1 Å². The Morgan fingerprint density at radius 2 is 2.00 bits per heavy atom. The van der Waals surface area contributed by atoms with Crippen molar-refractivity contribution in [2.24, 2.45) is 0 Å². The molecule has 12 heavy (non-hydrogen) atoms. The molecule has 0 saturated carbocycles. The van der Waals surface area contributed by atoms with E-state index in [1.54, 1.807) is 0 Å². The van der Waals surface area contributed by atoms with E-state index in [0.29, 0.717) is 6.20 Å². The number of hydrogen-bond acceptors (Lipinski definition) is 3. The standard InChI is InChI=1S/C4H4BF3N2O2/c6-4(7,8)2-1-9-10-3(2)5(11)12/h1,11-12H,(H,9,10). The molecule has 0 spiro atoms. The second-order valence-corrected chi connectivity index (χ2v) is 2.07. The zero-order valence-corrected chi connectivity index (χ0v) is 5.63. The minimum Gasteiger partial charge on any atom is -0.422 e. The summed E-state index contributed by atoms with van der Waals surface area (Å²) in [5.41, 5.74) is -1.92. The number of rotatable bonds is 1. The van der Waals surface area contributed by atoms with E-state index in [0.717, 1.165) is 0 Å². The predicted molar refractivity (Wildman–Crippen MR) is 33.4 cm³/mol. The van der Waals surface area contributed by atoms with Crippen LogP contribution in [0.1, 0.15) is 5.56 Å². The monoisotopic (exact) mass is 180 g/mol. The average molecular weight is 180 g/mol. The number of hydrogen-bond donors (Lipinski definition) is 3. The van der Waals surface area contributed by atoms with Gasteiger partial charge in [0.05, 0.1) is 17.4 Å². The minimum absolute atomic E-state index is 0.495. The number of aromatic nitrogens is 2. The lowest BCUT2D eigenvalue weighted by Gasteiger charge is -2.05. The van der Waals surface area contributed by atoms with Crippen LogP contribution in [-0.2, 0) is 6.18 Å². The Kier molecular flexibility index (Phi) is 2.11. The molecule has 66 valence electrons. The molecule has 0 fully saturated rings. The molecule has 0 unspecified atom stereocenters. The van der Waals surface area contributed by atoms with Crippen LogP contribution in [0.25, 0.3) is 0 Å². The summed E-state index contributed by atoms with van der Waals surface area (Å²) in [6, 6.07) is 0. The van der Waals surface area contributed by atoms with E-state index in [1.807, 2.05) is 5.10 Å². The van der Waals surface area contributed by atoms with Crippen molar-refractivity contribution in [3.63, 3.8) is 0 Å². The molecule has 0 aliphatic carbocycles. The molecular weight excluding hydrogens is 176 g/mol. The van der Waals surface area contributed by atoms with E-state index in [1.165, 1.54) is 0 Å². The maximum atomic E-state index is 12.0. The number of halogens is 3. The lowest BCUT2D eigenvalue weighted by atomic mass is 9.83. The fourth-order valence-corrected chi connectivity index (χ4v) is 0.719. The summed E-state index contributed by atoms with van der Waals surface area (Å²) < 4.78 is 35.9. The molecule has 1 aromatic rings. The van der Waals surface area contributed by atoms with Crippen LogP contribution in [0.4, 0.5) is 13.2 Å². The summed E-state index contributed by atoms with van der Waals surface area (Å²) in [6.07, 6.45) is -4.12. The highest BCUT2D eigenvalue weighted by Crippen LogP contribution is 2.26. The van der Waals surface area contributed by atoms with Gasteiger partial charge in [0, 0.05) is 0 Å². The third-order valence-corrected chi connectivity index (χ3v) is 1.23. The van der Waals surface area contributed by atoms with Crippen molar-refractivity contribution in [1.29, 1.82) is 0 Å². The van der Waals surface area contributed by atoms with E-state index < -0.39 is 24.5 Å². The summed E-state index contributed by atoms with van der Waals surface area (Å²) in [7, 11) is -2.19. The van der Waals surface area contributed by atoms with Crippen LogP contribution >= 0.6 is 0 Å². The highest BCUT2D eigenvalue weighted by Gasteiger charge is 2.37. The molecule has 0 atom stereocenters. The molecule has 0 bridgehead atoms. The summed E-state index contributed by atoms with van der Waals surface area (Å²) >= 11 is 0. The quantitative estimate of drug-likeness (QED) is 0.491. The first kappa shape index (κ1) is 9.08. The molecule has 0 aliphatic heterocycles. The van der Waals surface area contributed by atoms with Crippen LogP contribution < -0.4 is 5.59 Å². The Balaban J connectivity index is 3.08. The van der Waals surface area contributed by atoms with Crippen LogP contribution in [0.2, 0.25) is 0 Å².